The van der Waals surface area contributed by atoms with E-state index in [0.717, 1.165) is 4.90 Å². The molecular weight excluding hydrogens is 508 g/mol. The maximum absolute atomic E-state index is 14.0. The molecule has 4 aliphatic rings. The van der Waals surface area contributed by atoms with E-state index in [1.807, 2.05) is 4.90 Å². The molecule has 3 amide bonds. The van der Waals surface area contributed by atoms with Crippen LogP contribution in [0.3, 0.4) is 0 Å². The van der Waals surface area contributed by atoms with Crippen molar-refractivity contribution in [1.82, 2.24) is 4.90 Å². The first-order chi connectivity index (χ1) is 15.6. The topological polar surface area (TPSA) is 69.7 Å². The van der Waals surface area contributed by atoms with Crippen LogP contribution in [-0.4, -0.2) is 35.2 Å². The van der Waals surface area contributed by atoms with Gasteiger partial charge in [0, 0.05) is 33.2 Å². The monoisotopic (exact) mass is 523 g/mol. The molecule has 170 valence electrons. The summed E-state index contributed by atoms with van der Waals surface area (Å²) in [4.78, 5) is 44.6. The quantitative estimate of drug-likeness (QED) is 0.534. The number of halogens is 4. The highest BCUT2D eigenvalue weighted by atomic mass is 35.5. The van der Waals surface area contributed by atoms with E-state index in [4.69, 9.17) is 46.4 Å². The second-order valence-corrected chi connectivity index (χ2v) is 11.0. The van der Waals surface area contributed by atoms with E-state index in [9.17, 15) is 14.4 Å². The van der Waals surface area contributed by atoms with Crippen LogP contribution in [0.4, 0.5) is 11.4 Å². The summed E-state index contributed by atoms with van der Waals surface area (Å²) in [5, 5.41) is 4.15. The minimum atomic E-state index is -1.37. The molecule has 3 fully saturated rings. The Bertz CT molecular complexity index is 1260. The van der Waals surface area contributed by atoms with E-state index in [-0.39, 0.29) is 23.8 Å². The molecule has 4 aliphatic heterocycles. The molecule has 1 spiro atoms. The number of fused-ring (bicyclic) bond motifs is 7. The Morgan fingerprint density at radius 3 is 2.30 bits per heavy atom. The number of hydrogen-bond donors (Lipinski definition) is 1. The Hall–Kier alpha value is -1.83. The molecule has 1 N–H and O–H groups in total. The molecule has 5 atom stereocenters. The van der Waals surface area contributed by atoms with E-state index in [1.165, 1.54) is 18.2 Å². The predicted molar refractivity (Wildman–Crippen MR) is 127 cm³/mol. The molecule has 2 aromatic rings. The third kappa shape index (κ3) is 2.70. The molecule has 10 heteroatoms. The molecule has 3 saturated heterocycles. The molecule has 6 nitrogen and oxygen atoms in total. The fourth-order valence-electron chi connectivity index (χ4n) is 6.38. The van der Waals surface area contributed by atoms with Crippen molar-refractivity contribution >= 4 is 75.5 Å². The number of imide groups is 1. The number of carbonyl (C=O) groups is 3. The van der Waals surface area contributed by atoms with Crippen LogP contribution in [0.1, 0.15) is 18.9 Å². The van der Waals surface area contributed by atoms with Gasteiger partial charge in [0.15, 0.2) is 0 Å². The standard InChI is InChI=1S/C23H17Cl4N3O3/c1-9-2-16-17-18(21(32)30(20(17)31)13-4-10(24)3-11(25)5-13)23(29(16)8-9)14-6-12(26)7-15(27)19(14)28-22(23)33/h3-7,9,16-18H,2,8H2,1H3,(H,28,33). The Kier molecular flexibility index (Phi) is 4.66. The lowest BCUT2D eigenvalue weighted by Gasteiger charge is -2.37. The molecule has 0 aliphatic carbocycles. The van der Waals surface area contributed by atoms with Crippen molar-refractivity contribution in [2.45, 2.75) is 24.9 Å². The summed E-state index contributed by atoms with van der Waals surface area (Å²) >= 11 is 25.1. The van der Waals surface area contributed by atoms with E-state index in [2.05, 4.69) is 12.2 Å². The van der Waals surface area contributed by atoms with E-state index in [1.54, 1.807) is 12.1 Å². The molecule has 4 heterocycles. The van der Waals surface area contributed by atoms with Crippen LogP contribution >= 0.6 is 46.4 Å². The summed E-state index contributed by atoms with van der Waals surface area (Å²) in [7, 11) is 0. The van der Waals surface area contributed by atoms with Gasteiger partial charge in [0.1, 0.15) is 5.54 Å². The highest BCUT2D eigenvalue weighted by molar-refractivity contribution is 6.38. The van der Waals surface area contributed by atoms with Gasteiger partial charge in [-0.25, -0.2) is 4.90 Å². The van der Waals surface area contributed by atoms with Crippen molar-refractivity contribution in [2.24, 2.45) is 17.8 Å². The summed E-state index contributed by atoms with van der Waals surface area (Å²) in [6.45, 7) is 2.66. The highest BCUT2D eigenvalue weighted by Crippen LogP contribution is 2.62. The van der Waals surface area contributed by atoms with Crippen molar-refractivity contribution < 1.29 is 14.4 Å². The molecule has 2 aromatic carbocycles. The molecule has 6 rings (SSSR count). The SMILES string of the molecule is CC1CC2C3C(=O)N(c4cc(Cl)cc(Cl)c4)C(=O)C3C3(C(=O)Nc4c(Cl)cc(Cl)cc43)N2C1. The van der Waals surface area contributed by atoms with Gasteiger partial charge in [-0.1, -0.05) is 53.3 Å². The van der Waals surface area contributed by atoms with Gasteiger partial charge in [-0.15, -0.1) is 0 Å². The number of amides is 3. The summed E-state index contributed by atoms with van der Waals surface area (Å²) in [6, 6.07) is 7.56. The summed E-state index contributed by atoms with van der Waals surface area (Å²) in [5.74, 6) is -2.52. The van der Waals surface area contributed by atoms with Crippen LogP contribution in [0.5, 0.6) is 0 Å². The maximum Gasteiger partial charge on any atom is 0.250 e. The van der Waals surface area contributed by atoms with Crippen molar-refractivity contribution in [2.75, 3.05) is 16.8 Å². The van der Waals surface area contributed by atoms with Crippen LogP contribution in [0, 0.1) is 17.8 Å². The van der Waals surface area contributed by atoms with Crippen molar-refractivity contribution in [3.05, 3.63) is 56.0 Å². The molecule has 5 unspecified atom stereocenters. The number of hydrogen-bond acceptors (Lipinski definition) is 4. The molecular formula is C23H17Cl4N3O3. The van der Waals surface area contributed by atoms with Crippen LogP contribution in [0.15, 0.2) is 30.3 Å². The van der Waals surface area contributed by atoms with Gasteiger partial charge in [0.2, 0.25) is 11.8 Å². The minimum absolute atomic E-state index is 0.247. The molecule has 0 radical (unpaired) electrons. The third-order valence-corrected chi connectivity index (χ3v) is 8.33. The average Bonchev–Trinajstić information content (AvgIpc) is 3.37. The smallest absolute Gasteiger partial charge is 0.250 e. The zero-order chi connectivity index (χ0) is 23.4. The van der Waals surface area contributed by atoms with Gasteiger partial charge in [-0.05, 0) is 42.7 Å². The first kappa shape index (κ1) is 21.7. The van der Waals surface area contributed by atoms with Gasteiger partial charge in [0.25, 0.3) is 5.91 Å². The highest BCUT2D eigenvalue weighted by Gasteiger charge is 2.75. The van der Waals surface area contributed by atoms with Crippen molar-refractivity contribution in [3.8, 4) is 0 Å². The zero-order valence-corrected chi connectivity index (χ0v) is 20.3. The van der Waals surface area contributed by atoms with Crippen molar-refractivity contribution in [1.29, 1.82) is 0 Å². The number of benzene rings is 2. The summed E-state index contributed by atoms with van der Waals surface area (Å²) in [6.07, 6.45) is 0.697. The Labute approximate surface area is 209 Å². The van der Waals surface area contributed by atoms with Gasteiger partial charge in [-0.3, -0.25) is 19.3 Å². The second kappa shape index (κ2) is 7.09. The fourth-order valence-corrected chi connectivity index (χ4v) is 7.43. The lowest BCUT2D eigenvalue weighted by atomic mass is 9.75. The lowest BCUT2D eigenvalue weighted by molar-refractivity contribution is -0.135. The van der Waals surface area contributed by atoms with Gasteiger partial charge in [-0.2, -0.15) is 0 Å². The average molecular weight is 525 g/mol. The van der Waals surface area contributed by atoms with E-state index >= 15 is 0 Å². The number of rotatable bonds is 1. The van der Waals surface area contributed by atoms with Gasteiger partial charge < -0.3 is 5.32 Å². The first-order valence-electron chi connectivity index (χ1n) is 10.6. The molecule has 0 bridgehead atoms. The minimum Gasteiger partial charge on any atom is -0.323 e. The van der Waals surface area contributed by atoms with Crippen LogP contribution in [0.25, 0.3) is 0 Å². The predicted octanol–water partition coefficient (Wildman–Crippen LogP) is 4.98. The van der Waals surface area contributed by atoms with Gasteiger partial charge in [0.05, 0.1) is 28.2 Å². The summed E-state index contributed by atoms with van der Waals surface area (Å²) in [5.41, 5.74) is -0.0842. The van der Waals surface area contributed by atoms with Crippen LogP contribution in [-0.2, 0) is 19.9 Å². The fraction of sp³-hybridized carbons (Fsp3) is 0.348. The number of nitrogens with one attached hydrogen (secondary N) is 1. The lowest BCUT2D eigenvalue weighted by Crippen LogP contribution is -2.54. The largest absolute Gasteiger partial charge is 0.323 e. The van der Waals surface area contributed by atoms with Crippen LogP contribution < -0.4 is 10.2 Å². The zero-order valence-electron chi connectivity index (χ0n) is 17.2. The molecule has 33 heavy (non-hydrogen) atoms. The Morgan fingerprint density at radius 1 is 0.939 bits per heavy atom. The van der Waals surface area contributed by atoms with Crippen LogP contribution in [0.2, 0.25) is 20.1 Å². The van der Waals surface area contributed by atoms with Crippen molar-refractivity contribution in [3.63, 3.8) is 0 Å². The summed E-state index contributed by atoms with van der Waals surface area (Å²) < 4.78 is 0. The normalized spacial score (nSPS) is 32.5. The third-order valence-electron chi connectivity index (χ3n) is 7.38. The second-order valence-electron chi connectivity index (χ2n) is 9.23. The maximum atomic E-state index is 14.0. The van der Waals surface area contributed by atoms with E-state index < -0.39 is 23.3 Å². The van der Waals surface area contributed by atoms with Gasteiger partial charge >= 0.3 is 0 Å². The number of carbonyl (C=O) groups excluding carboxylic acids is 3. The first-order valence-corrected chi connectivity index (χ1v) is 12.1. The Balaban J connectivity index is 1.58. The molecule has 0 saturated carbocycles. The number of anilines is 2. The Morgan fingerprint density at radius 2 is 1.61 bits per heavy atom. The van der Waals surface area contributed by atoms with E-state index in [0.29, 0.717) is 50.0 Å². The number of nitrogens with zero attached hydrogens (tertiary/aromatic N) is 2. The molecule has 0 aromatic heterocycles.